The second-order valence-corrected chi connectivity index (χ2v) is 19.6. The lowest BCUT2D eigenvalue weighted by Crippen LogP contribution is -1.99. The van der Waals surface area contributed by atoms with Gasteiger partial charge in [-0.05, 0) is 138 Å². The number of para-hydroxylation sites is 6. The van der Waals surface area contributed by atoms with Crippen LogP contribution in [0.5, 0.6) is 0 Å². The van der Waals surface area contributed by atoms with Gasteiger partial charge in [-0.3, -0.25) is 4.57 Å². The van der Waals surface area contributed by atoms with E-state index in [1.54, 1.807) is 0 Å². The molecular formula is C69H43N5. The molecule has 5 nitrogen and oxygen atoms in total. The van der Waals surface area contributed by atoms with Crippen LogP contribution in [0.2, 0.25) is 0 Å². The molecule has 0 radical (unpaired) electrons. The molecule has 0 unspecified atom stereocenters. The molecule has 5 aromatic heterocycles. The van der Waals surface area contributed by atoms with Crippen LogP contribution in [0.25, 0.3) is 143 Å². The summed E-state index contributed by atoms with van der Waals surface area (Å²) in [5, 5.41) is 10.9. The van der Waals surface area contributed by atoms with Crippen LogP contribution in [0, 0.1) is 0 Å². The highest BCUT2D eigenvalue weighted by Gasteiger charge is 2.20. The maximum absolute atomic E-state index is 5.44. The summed E-state index contributed by atoms with van der Waals surface area (Å²) < 4.78 is 9.51. The van der Waals surface area contributed by atoms with Gasteiger partial charge in [0.15, 0.2) is 0 Å². The number of aromatic nitrogens is 5. The Morgan fingerprint density at radius 3 is 1.11 bits per heavy atom. The Morgan fingerprint density at radius 2 is 0.595 bits per heavy atom. The average molecular weight is 942 g/mol. The molecule has 0 aliphatic carbocycles. The van der Waals surface area contributed by atoms with Crippen LogP contribution in [0.1, 0.15) is 0 Å². The average Bonchev–Trinajstić information content (AvgIpc) is 4.21. The minimum atomic E-state index is 0.889. The second-order valence-electron chi connectivity index (χ2n) is 19.6. The molecule has 5 heteroatoms. The standard InChI is InChI=1S/C69H43N5/c1-3-15-49(16-4-1)71-62-24-12-9-21-54(62)58-40-44(29-36-65(58)71)46-27-33-56-52-19-7-11-23-61(52)73(67(56)42-46)51-32-35-60-48(39-51)31-38-69(70-60)74-64-26-14-8-20-53(64)57-34-28-47(43-68(57)74)45-30-37-66-59(41-45)55-22-10-13-25-63(55)72(66)50-17-5-2-6-18-50/h1-43H. The number of benzene rings is 11. The quantitative estimate of drug-likeness (QED) is 0.163. The van der Waals surface area contributed by atoms with Crippen molar-refractivity contribution in [2.45, 2.75) is 0 Å². The molecule has 0 amide bonds. The molecule has 0 saturated heterocycles. The van der Waals surface area contributed by atoms with Crippen LogP contribution in [0.3, 0.4) is 0 Å². The Morgan fingerprint density at radius 1 is 0.216 bits per heavy atom. The third-order valence-electron chi connectivity index (χ3n) is 15.5. The summed E-state index contributed by atoms with van der Waals surface area (Å²) in [6.07, 6.45) is 0. The van der Waals surface area contributed by atoms with Crippen LogP contribution >= 0.6 is 0 Å². The molecule has 0 fully saturated rings. The fourth-order valence-electron chi connectivity index (χ4n) is 12.2. The summed E-state index contributed by atoms with van der Waals surface area (Å²) in [6.45, 7) is 0. The molecule has 0 atom stereocenters. The summed E-state index contributed by atoms with van der Waals surface area (Å²) in [5.74, 6) is 0.889. The first-order chi connectivity index (χ1) is 36.7. The highest BCUT2D eigenvalue weighted by atomic mass is 15.1. The van der Waals surface area contributed by atoms with Crippen molar-refractivity contribution in [3.63, 3.8) is 0 Å². The third kappa shape index (κ3) is 6.01. The van der Waals surface area contributed by atoms with Gasteiger partial charge in [0, 0.05) is 65.5 Å². The first kappa shape index (κ1) is 40.7. The van der Waals surface area contributed by atoms with Crippen LogP contribution in [0.15, 0.2) is 261 Å². The Labute approximate surface area is 425 Å². The van der Waals surface area contributed by atoms with Gasteiger partial charge >= 0.3 is 0 Å². The van der Waals surface area contributed by atoms with Gasteiger partial charge in [-0.1, -0.05) is 146 Å². The zero-order valence-corrected chi connectivity index (χ0v) is 40.1. The van der Waals surface area contributed by atoms with Gasteiger partial charge in [-0.25, -0.2) is 4.98 Å². The zero-order chi connectivity index (χ0) is 48.4. The molecule has 5 heterocycles. The summed E-state index contributed by atoms with van der Waals surface area (Å²) in [7, 11) is 0. The molecule has 16 aromatic rings. The van der Waals surface area contributed by atoms with Crippen molar-refractivity contribution in [2.75, 3.05) is 0 Å². The molecule has 16 rings (SSSR count). The fraction of sp³-hybridized carbons (Fsp3) is 0. The smallest absolute Gasteiger partial charge is 0.138 e. The molecular weight excluding hydrogens is 899 g/mol. The Kier molecular flexibility index (Phi) is 8.68. The number of hydrogen-bond acceptors (Lipinski definition) is 1. The van der Waals surface area contributed by atoms with E-state index in [1.807, 2.05) is 0 Å². The predicted molar refractivity (Wildman–Crippen MR) is 310 cm³/mol. The van der Waals surface area contributed by atoms with E-state index in [1.165, 1.54) is 92.9 Å². The van der Waals surface area contributed by atoms with Crippen molar-refractivity contribution in [3.05, 3.63) is 261 Å². The Balaban J connectivity index is 0.807. The van der Waals surface area contributed by atoms with E-state index in [4.69, 9.17) is 4.98 Å². The fourth-order valence-corrected chi connectivity index (χ4v) is 12.2. The molecule has 0 aliphatic heterocycles. The van der Waals surface area contributed by atoms with Gasteiger partial charge in [0.1, 0.15) is 5.82 Å². The maximum atomic E-state index is 5.44. The van der Waals surface area contributed by atoms with E-state index in [0.717, 1.165) is 50.4 Å². The van der Waals surface area contributed by atoms with E-state index in [-0.39, 0.29) is 0 Å². The van der Waals surface area contributed by atoms with Gasteiger partial charge in [-0.2, -0.15) is 0 Å². The lowest BCUT2D eigenvalue weighted by atomic mass is 10.0. The van der Waals surface area contributed by atoms with Crippen molar-refractivity contribution >= 4 is 98.1 Å². The second kappa shape index (κ2) is 15.8. The lowest BCUT2D eigenvalue weighted by molar-refractivity contribution is 1.10. The van der Waals surface area contributed by atoms with Crippen molar-refractivity contribution < 1.29 is 0 Å². The number of rotatable bonds is 6. The highest BCUT2D eigenvalue weighted by molar-refractivity contribution is 6.14. The number of hydrogen-bond donors (Lipinski definition) is 0. The normalized spacial score (nSPS) is 12.1. The largest absolute Gasteiger partial charge is 0.309 e. The van der Waals surface area contributed by atoms with Crippen molar-refractivity contribution in [2.24, 2.45) is 0 Å². The van der Waals surface area contributed by atoms with Crippen molar-refractivity contribution in [3.8, 4) is 45.1 Å². The van der Waals surface area contributed by atoms with E-state index in [0.29, 0.717) is 0 Å². The maximum Gasteiger partial charge on any atom is 0.138 e. The number of fused-ring (bicyclic) bond motifs is 13. The number of nitrogens with zero attached hydrogens (tertiary/aromatic N) is 5. The summed E-state index contributed by atoms with van der Waals surface area (Å²) in [5.41, 5.74) is 18.5. The molecule has 0 N–H and O–H groups in total. The minimum absolute atomic E-state index is 0.889. The molecule has 0 saturated carbocycles. The minimum Gasteiger partial charge on any atom is -0.309 e. The van der Waals surface area contributed by atoms with E-state index in [9.17, 15) is 0 Å². The van der Waals surface area contributed by atoms with Crippen LogP contribution < -0.4 is 0 Å². The van der Waals surface area contributed by atoms with E-state index < -0.39 is 0 Å². The summed E-state index contributed by atoms with van der Waals surface area (Å²) in [4.78, 5) is 5.44. The predicted octanol–water partition coefficient (Wildman–Crippen LogP) is 18.0. The lowest BCUT2D eigenvalue weighted by Gasteiger charge is -2.12. The molecule has 74 heavy (non-hydrogen) atoms. The topological polar surface area (TPSA) is 32.6 Å². The van der Waals surface area contributed by atoms with Crippen LogP contribution in [0.4, 0.5) is 0 Å². The first-order valence-corrected chi connectivity index (χ1v) is 25.4. The molecule has 11 aromatic carbocycles. The third-order valence-corrected chi connectivity index (χ3v) is 15.5. The first-order valence-electron chi connectivity index (χ1n) is 25.4. The van der Waals surface area contributed by atoms with Gasteiger partial charge < -0.3 is 13.7 Å². The van der Waals surface area contributed by atoms with E-state index in [2.05, 4.69) is 279 Å². The summed E-state index contributed by atoms with van der Waals surface area (Å²) >= 11 is 0. The SMILES string of the molecule is c1ccc(-n2c3ccccc3c3cc(-c4ccc5c6ccccc6n(-c6ccc7nc(-n8c9ccccc9c9ccc(-c%10ccc%11c(c%10)c%10ccccc%10n%11-c%10ccccc%10)cc98)ccc7c6)c5c4)ccc32)cc1. The van der Waals surface area contributed by atoms with Crippen LogP contribution in [-0.2, 0) is 0 Å². The molecule has 344 valence electrons. The number of pyridine rings is 1. The molecule has 0 aliphatic rings. The van der Waals surface area contributed by atoms with E-state index >= 15 is 0 Å². The highest BCUT2D eigenvalue weighted by Crippen LogP contribution is 2.41. The molecule has 0 spiro atoms. The summed E-state index contributed by atoms with van der Waals surface area (Å²) in [6, 6.07) is 95.1. The monoisotopic (exact) mass is 941 g/mol. The Bertz CT molecular complexity index is 4640. The van der Waals surface area contributed by atoms with Gasteiger partial charge in [-0.15, -0.1) is 0 Å². The van der Waals surface area contributed by atoms with Crippen LogP contribution in [-0.4, -0.2) is 23.3 Å². The Hall–Kier alpha value is -9.97. The zero-order valence-electron chi connectivity index (χ0n) is 40.1. The van der Waals surface area contributed by atoms with Gasteiger partial charge in [0.2, 0.25) is 0 Å². The molecule has 0 bridgehead atoms. The van der Waals surface area contributed by atoms with Gasteiger partial charge in [0.05, 0.1) is 49.7 Å². The van der Waals surface area contributed by atoms with Crippen molar-refractivity contribution in [1.82, 2.24) is 23.3 Å². The van der Waals surface area contributed by atoms with Gasteiger partial charge in [0.25, 0.3) is 0 Å². The van der Waals surface area contributed by atoms with Crippen molar-refractivity contribution in [1.29, 1.82) is 0 Å².